The number of sulfonamides is 1. The molecule has 0 aromatic heterocycles. The lowest BCUT2D eigenvalue weighted by molar-refractivity contribution is -0.122. The number of carbonyl (C=O) groups excluding carboxylic acids is 1. The highest BCUT2D eigenvalue weighted by atomic mass is 32.2. The maximum atomic E-state index is 12.6. The van der Waals surface area contributed by atoms with Gasteiger partial charge in [0.25, 0.3) is 0 Å². The molecule has 0 aliphatic rings. The van der Waals surface area contributed by atoms with Crippen LogP contribution in [0.1, 0.15) is 18.1 Å². The molecular weight excluding hydrogens is 368 g/mol. The Hall–Kier alpha value is -2.58. The van der Waals surface area contributed by atoms with Gasteiger partial charge in [-0.1, -0.05) is 18.2 Å². The number of rotatable bonds is 8. The van der Waals surface area contributed by atoms with Gasteiger partial charge < -0.3 is 14.8 Å². The van der Waals surface area contributed by atoms with Crippen LogP contribution in [0.15, 0.2) is 47.4 Å². The van der Waals surface area contributed by atoms with E-state index in [4.69, 9.17) is 9.47 Å². The van der Waals surface area contributed by atoms with E-state index < -0.39 is 22.0 Å². The van der Waals surface area contributed by atoms with Crippen molar-refractivity contribution in [3.63, 3.8) is 0 Å². The number of nitrogens with one attached hydrogen (secondary N) is 2. The van der Waals surface area contributed by atoms with E-state index in [0.29, 0.717) is 0 Å². The summed E-state index contributed by atoms with van der Waals surface area (Å²) >= 11 is 0. The van der Waals surface area contributed by atoms with Crippen molar-refractivity contribution in [3.8, 4) is 11.5 Å². The Morgan fingerprint density at radius 2 is 1.74 bits per heavy atom. The minimum Gasteiger partial charge on any atom is -0.497 e. The Bertz CT molecular complexity index is 895. The number of benzene rings is 2. The third-order valence-electron chi connectivity index (χ3n) is 3.96. The standard InChI is InChI=1S/C19H24N2O5S/c1-13-5-10-17(26-4)18(11-13)27(23,24)21-14(2)19(22)20-12-15-6-8-16(25-3)9-7-15/h5-11,14,21H,12H2,1-4H3,(H,20,22)/t14-/m0/s1. The van der Waals surface area contributed by atoms with Gasteiger partial charge in [0.2, 0.25) is 15.9 Å². The number of hydrogen-bond acceptors (Lipinski definition) is 5. The molecule has 2 aromatic carbocycles. The van der Waals surface area contributed by atoms with E-state index in [0.717, 1.165) is 16.9 Å². The van der Waals surface area contributed by atoms with Gasteiger partial charge in [-0.3, -0.25) is 4.79 Å². The topological polar surface area (TPSA) is 93.7 Å². The molecule has 0 saturated heterocycles. The molecule has 0 fully saturated rings. The van der Waals surface area contributed by atoms with Crippen LogP contribution in [0.3, 0.4) is 0 Å². The molecule has 0 radical (unpaired) electrons. The fourth-order valence-corrected chi connectivity index (χ4v) is 3.89. The zero-order valence-electron chi connectivity index (χ0n) is 15.8. The predicted molar refractivity (Wildman–Crippen MR) is 102 cm³/mol. The highest BCUT2D eigenvalue weighted by molar-refractivity contribution is 7.89. The Balaban J connectivity index is 2.03. The van der Waals surface area contributed by atoms with Crippen molar-refractivity contribution < 1.29 is 22.7 Å². The minimum atomic E-state index is -3.91. The summed E-state index contributed by atoms with van der Waals surface area (Å²) in [6.45, 7) is 3.55. The van der Waals surface area contributed by atoms with Gasteiger partial charge in [-0.2, -0.15) is 4.72 Å². The van der Waals surface area contributed by atoms with E-state index in [9.17, 15) is 13.2 Å². The van der Waals surface area contributed by atoms with E-state index in [1.54, 1.807) is 38.3 Å². The first kappa shape index (κ1) is 20.7. The zero-order chi connectivity index (χ0) is 20.0. The molecule has 2 aromatic rings. The van der Waals surface area contributed by atoms with Crippen molar-refractivity contribution in [1.82, 2.24) is 10.0 Å². The smallest absolute Gasteiger partial charge is 0.244 e. The maximum Gasteiger partial charge on any atom is 0.244 e. The van der Waals surface area contributed by atoms with Crippen molar-refractivity contribution in [2.75, 3.05) is 14.2 Å². The van der Waals surface area contributed by atoms with Gasteiger partial charge in [0.05, 0.1) is 20.3 Å². The SMILES string of the molecule is COc1ccc(CNC(=O)[C@H](C)NS(=O)(=O)c2cc(C)ccc2OC)cc1. The molecule has 2 N–H and O–H groups in total. The summed E-state index contributed by atoms with van der Waals surface area (Å²) in [4.78, 5) is 12.3. The normalized spacial score (nSPS) is 12.3. The summed E-state index contributed by atoms with van der Waals surface area (Å²) in [6.07, 6.45) is 0. The Morgan fingerprint density at radius 1 is 1.07 bits per heavy atom. The summed E-state index contributed by atoms with van der Waals surface area (Å²) in [7, 11) is -0.939. The maximum absolute atomic E-state index is 12.6. The molecule has 8 heteroatoms. The first-order valence-electron chi connectivity index (χ1n) is 8.34. The van der Waals surface area contributed by atoms with Crippen molar-refractivity contribution in [2.45, 2.75) is 31.3 Å². The molecule has 146 valence electrons. The van der Waals surface area contributed by atoms with Crippen LogP contribution in [0, 0.1) is 6.92 Å². The molecular formula is C19H24N2O5S. The Labute approximate surface area is 159 Å². The van der Waals surface area contributed by atoms with Crippen molar-refractivity contribution >= 4 is 15.9 Å². The first-order chi connectivity index (χ1) is 12.8. The molecule has 0 heterocycles. The summed E-state index contributed by atoms with van der Waals surface area (Å²) < 4.78 is 37.9. The van der Waals surface area contributed by atoms with Crippen LogP contribution < -0.4 is 19.5 Å². The van der Waals surface area contributed by atoms with Gasteiger partial charge in [0.1, 0.15) is 16.4 Å². The van der Waals surface area contributed by atoms with Crippen LogP contribution in [0.2, 0.25) is 0 Å². The summed E-state index contributed by atoms with van der Waals surface area (Å²) in [6, 6.07) is 11.1. The molecule has 27 heavy (non-hydrogen) atoms. The second kappa shape index (κ2) is 8.88. The highest BCUT2D eigenvalue weighted by Crippen LogP contribution is 2.24. The lowest BCUT2D eigenvalue weighted by Crippen LogP contribution is -2.44. The average Bonchev–Trinajstić information content (AvgIpc) is 2.66. The molecule has 1 amide bonds. The summed E-state index contributed by atoms with van der Waals surface area (Å²) in [5, 5.41) is 2.71. The van der Waals surface area contributed by atoms with Gasteiger partial charge in [0.15, 0.2) is 0 Å². The fraction of sp³-hybridized carbons (Fsp3) is 0.316. The lowest BCUT2D eigenvalue weighted by Gasteiger charge is -2.16. The second-order valence-electron chi connectivity index (χ2n) is 6.06. The molecule has 2 rings (SSSR count). The number of ether oxygens (including phenoxy) is 2. The van der Waals surface area contributed by atoms with Gasteiger partial charge in [-0.15, -0.1) is 0 Å². The zero-order valence-corrected chi connectivity index (χ0v) is 16.6. The molecule has 0 aliphatic carbocycles. The molecule has 0 bridgehead atoms. The minimum absolute atomic E-state index is 0.000181. The van der Waals surface area contributed by atoms with Crippen LogP contribution in [-0.2, 0) is 21.4 Å². The number of hydrogen-bond donors (Lipinski definition) is 2. The average molecular weight is 392 g/mol. The van der Waals surface area contributed by atoms with E-state index in [1.807, 2.05) is 12.1 Å². The first-order valence-corrected chi connectivity index (χ1v) is 9.82. The molecule has 0 unspecified atom stereocenters. The van der Waals surface area contributed by atoms with E-state index in [2.05, 4.69) is 10.0 Å². The van der Waals surface area contributed by atoms with E-state index in [1.165, 1.54) is 20.1 Å². The number of aryl methyl sites for hydroxylation is 1. The van der Waals surface area contributed by atoms with E-state index in [-0.39, 0.29) is 17.2 Å². The molecule has 1 atom stereocenters. The van der Waals surface area contributed by atoms with Crippen LogP contribution in [0.25, 0.3) is 0 Å². The number of amides is 1. The highest BCUT2D eigenvalue weighted by Gasteiger charge is 2.25. The fourth-order valence-electron chi connectivity index (χ4n) is 2.43. The van der Waals surface area contributed by atoms with Gasteiger partial charge in [-0.05, 0) is 49.2 Å². The quantitative estimate of drug-likeness (QED) is 0.717. The summed E-state index contributed by atoms with van der Waals surface area (Å²) in [5.74, 6) is 0.512. The number of carbonyl (C=O) groups is 1. The van der Waals surface area contributed by atoms with Crippen LogP contribution in [0.5, 0.6) is 11.5 Å². The molecule has 7 nitrogen and oxygen atoms in total. The Morgan fingerprint density at radius 3 is 2.33 bits per heavy atom. The van der Waals surface area contributed by atoms with Crippen LogP contribution in [-0.4, -0.2) is 34.6 Å². The van der Waals surface area contributed by atoms with Crippen LogP contribution in [0.4, 0.5) is 0 Å². The molecule has 0 spiro atoms. The second-order valence-corrected chi connectivity index (χ2v) is 7.75. The van der Waals surface area contributed by atoms with Crippen molar-refractivity contribution in [3.05, 3.63) is 53.6 Å². The van der Waals surface area contributed by atoms with Gasteiger partial charge in [-0.25, -0.2) is 8.42 Å². The van der Waals surface area contributed by atoms with Crippen LogP contribution >= 0.6 is 0 Å². The predicted octanol–water partition coefficient (Wildman–Crippen LogP) is 2.00. The monoisotopic (exact) mass is 392 g/mol. The third kappa shape index (κ3) is 5.45. The molecule has 0 saturated carbocycles. The lowest BCUT2D eigenvalue weighted by atomic mass is 10.2. The third-order valence-corrected chi connectivity index (χ3v) is 5.52. The van der Waals surface area contributed by atoms with E-state index >= 15 is 0 Å². The Kier molecular flexibility index (Phi) is 6.81. The van der Waals surface area contributed by atoms with Gasteiger partial charge >= 0.3 is 0 Å². The van der Waals surface area contributed by atoms with Gasteiger partial charge in [0, 0.05) is 6.54 Å². The van der Waals surface area contributed by atoms with Crippen molar-refractivity contribution in [2.24, 2.45) is 0 Å². The summed E-state index contributed by atoms with van der Waals surface area (Å²) in [5.41, 5.74) is 1.65. The largest absolute Gasteiger partial charge is 0.497 e. The van der Waals surface area contributed by atoms with Crippen molar-refractivity contribution in [1.29, 1.82) is 0 Å². The number of methoxy groups -OCH3 is 2. The molecule has 0 aliphatic heterocycles.